The van der Waals surface area contributed by atoms with Gasteiger partial charge in [0.05, 0.1) is 22.8 Å². The number of halogens is 1. The number of hydrogen-bond donors (Lipinski definition) is 2. The van der Waals surface area contributed by atoms with Crippen LogP contribution in [0.25, 0.3) is 5.82 Å². The quantitative estimate of drug-likeness (QED) is 0.388. The Bertz CT molecular complexity index is 1300. The maximum Gasteiger partial charge on any atom is 0.244 e. The summed E-state index contributed by atoms with van der Waals surface area (Å²) in [6, 6.07) is 22.2. The van der Waals surface area contributed by atoms with Gasteiger partial charge in [-0.15, -0.1) is 0 Å². The molecule has 5 rings (SSSR count). The zero-order chi connectivity index (χ0) is 23.5. The maximum absolute atomic E-state index is 13.0. The lowest BCUT2D eigenvalue weighted by molar-refractivity contribution is -0.116. The van der Waals surface area contributed by atoms with Crippen LogP contribution >= 0.6 is 23.8 Å². The number of nitrogens with zero attached hydrogens (tertiary/aromatic N) is 4. The number of nitrogens with one attached hydrogen (secondary N) is 2. The highest BCUT2D eigenvalue weighted by atomic mass is 35.5. The second kappa shape index (κ2) is 9.62. The normalized spacial score (nSPS) is 17.4. The fourth-order valence-electron chi connectivity index (χ4n) is 4.13. The molecule has 0 spiro atoms. The first-order valence-corrected chi connectivity index (χ1v) is 11.5. The molecule has 1 aromatic carbocycles. The monoisotopic (exact) mass is 488 g/mol. The smallest absolute Gasteiger partial charge is 0.244 e. The van der Waals surface area contributed by atoms with Crippen molar-refractivity contribution in [1.82, 2.24) is 24.8 Å². The van der Waals surface area contributed by atoms with Crippen molar-refractivity contribution >= 4 is 40.5 Å². The van der Waals surface area contributed by atoms with Crippen molar-refractivity contribution in [1.29, 1.82) is 0 Å². The first-order valence-electron chi connectivity index (χ1n) is 10.7. The number of carbonyl (C=O) groups excluding carboxylic acids is 1. The third kappa shape index (κ3) is 4.50. The number of hydrogen-bond acceptors (Lipinski definition) is 4. The number of thiocarbonyl (C=S) groups is 1. The van der Waals surface area contributed by atoms with Gasteiger partial charge in [-0.2, -0.15) is 0 Å². The Balaban J connectivity index is 1.51. The minimum atomic E-state index is -0.295. The number of aromatic nitrogens is 3. The van der Waals surface area contributed by atoms with Crippen LogP contribution in [0.2, 0.25) is 5.02 Å². The molecular formula is C25H21ClN6OS. The second-order valence-corrected chi connectivity index (χ2v) is 8.63. The SMILES string of the molecule is O=C(CN1C(=S)NC(c2ccccn2)C1c1cccn1-c1ccc(Cl)cn1)Nc1ccccc1. The predicted molar refractivity (Wildman–Crippen MR) is 136 cm³/mol. The molecule has 2 unspecified atom stereocenters. The van der Waals surface area contributed by atoms with Crippen molar-refractivity contribution in [3.05, 3.63) is 108 Å². The molecule has 2 N–H and O–H groups in total. The maximum atomic E-state index is 13.0. The average Bonchev–Trinajstić information content (AvgIpc) is 3.45. The van der Waals surface area contributed by atoms with Gasteiger partial charge in [0.15, 0.2) is 5.11 Å². The highest BCUT2D eigenvalue weighted by Gasteiger charge is 2.42. The highest BCUT2D eigenvalue weighted by Crippen LogP contribution is 2.39. The number of para-hydroxylation sites is 1. The van der Waals surface area contributed by atoms with Crippen LogP contribution in [-0.4, -0.2) is 37.0 Å². The largest absolute Gasteiger partial charge is 0.352 e. The number of pyridine rings is 2. The Kier molecular flexibility index (Phi) is 6.24. The summed E-state index contributed by atoms with van der Waals surface area (Å²) >= 11 is 11.7. The fourth-order valence-corrected chi connectivity index (χ4v) is 4.55. The number of benzene rings is 1. The van der Waals surface area contributed by atoms with Gasteiger partial charge in [-0.05, 0) is 60.7 Å². The topological polar surface area (TPSA) is 75.1 Å². The molecule has 2 atom stereocenters. The predicted octanol–water partition coefficient (Wildman–Crippen LogP) is 4.53. The van der Waals surface area contributed by atoms with E-state index in [2.05, 4.69) is 20.6 Å². The van der Waals surface area contributed by atoms with Gasteiger partial charge in [0, 0.05) is 30.0 Å². The fraction of sp³-hybridized carbons (Fsp3) is 0.120. The van der Waals surface area contributed by atoms with E-state index in [1.807, 2.05) is 82.4 Å². The summed E-state index contributed by atoms with van der Waals surface area (Å²) in [4.78, 5) is 23.9. The van der Waals surface area contributed by atoms with Crippen LogP contribution in [0.1, 0.15) is 23.5 Å². The summed E-state index contributed by atoms with van der Waals surface area (Å²) in [5, 5.41) is 7.37. The van der Waals surface area contributed by atoms with E-state index >= 15 is 0 Å². The first kappa shape index (κ1) is 22.1. The molecule has 0 saturated carbocycles. The number of amides is 1. The molecule has 170 valence electrons. The van der Waals surface area contributed by atoms with Crippen molar-refractivity contribution in [2.24, 2.45) is 0 Å². The van der Waals surface area contributed by atoms with Gasteiger partial charge in [-0.25, -0.2) is 4.98 Å². The minimum absolute atomic E-state index is 0.0773. The zero-order valence-electron chi connectivity index (χ0n) is 18.0. The Labute approximate surface area is 207 Å². The lowest BCUT2D eigenvalue weighted by atomic mass is 10.0. The van der Waals surface area contributed by atoms with Crippen LogP contribution in [0.15, 0.2) is 91.4 Å². The van der Waals surface area contributed by atoms with Gasteiger partial charge in [0.1, 0.15) is 12.4 Å². The summed E-state index contributed by atoms with van der Waals surface area (Å²) < 4.78 is 1.98. The molecule has 0 aliphatic carbocycles. The molecular weight excluding hydrogens is 468 g/mol. The molecule has 1 aliphatic heterocycles. The van der Waals surface area contributed by atoms with E-state index in [1.54, 1.807) is 18.5 Å². The van der Waals surface area contributed by atoms with Gasteiger partial charge >= 0.3 is 0 Å². The number of rotatable bonds is 6. The van der Waals surface area contributed by atoms with Crippen LogP contribution in [0, 0.1) is 0 Å². The second-order valence-electron chi connectivity index (χ2n) is 7.81. The lowest BCUT2D eigenvalue weighted by Gasteiger charge is -2.28. The first-order chi connectivity index (χ1) is 16.6. The standard InChI is InChI=1S/C25H21ClN6OS/c26-17-11-12-21(28-15-17)31-14-6-10-20(31)24-23(19-9-4-5-13-27-19)30-25(34)32(24)16-22(33)29-18-7-2-1-3-8-18/h1-15,23-24H,16H2,(H,29,33)(H,30,34). The minimum Gasteiger partial charge on any atom is -0.352 e. The molecule has 4 heterocycles. The summed E-state index contributed by atoms with van der Waals surface area (Å²) in [5.41, 5.74) is 2.49. The molecule has 0 bridgehead atoms. The van der Waals surface area contributed by atoms with E-state index < -0.39 is 0 Å². The van der Waals surface area contributed by atoms with E-state index in [0.717, 1.165) is 22.9 Å². The molecule has 1 amide bonds. The van der Waals surface area contributed by atoms with Crippen molar-refractivity contribution in [3.8, 4) is 5.82 Å². The van der Waals surface area contributed by atoms with Gasteiger partial charge in [0.25, 0.3) is 0 Å². The van der Waals surface area contributed by atoms with E-state index in [0.29, 0.717) is 10.1 Å². The van der Waals surface area contributed by atoms with E-state index in [4.69, 9.17) is 23.8 Å². The summed E-state index contributed by atoms with van der Waals surface area (Å²) in [6.07, 6.45) is 5.30. The van der Waals surface area contributed by atoms with Crippen molar-refractivity contribution < 1.29 is 4.79 Å². The van der Waals surface area contributed by atoms with Gasteiger partial charge in [0.2, 0.25) is 5.91 Å². The summed E-state index contributed by atoms with van der Waals surface area (Å²) in [5.74, 6) is 0.556. The van der Waals surface area contributed by atoms with Crippen molar-refractivity contribution in [2.45, 2.75) is 12.1 Å². The van der Waals surface area contributed by atoms with Crippen molar-refractivity contribution in [3.63, 3.8) is 0 Å². The molecule has 34 heavy (non-hydrogen) atoms. The van der Waals surface area contributed by atoms with Crippen molar-refractivity contribution in [2.75, 3.05) is 11.9 Å². The van der Waals surface area contributed by atoms with Gasteiger partial charge in [-0.1, -0.05) is 35.9 Å². The van der Waals surface area contributed by atoms with Crippen LogP contribution < -0.4 is 10.6 Å². The third-order valence-corrected chi connectivity index (χ3v) is 6.19. The highest BCUT2D eigenvalue weighted by molar-refractivity contribution is 7.80. The van der Waals surface area contributed by atoms with Crippen LogP contribution in [-0.2, 0) is 4.79 Å². The molecule has 7 nitrogen and oxygen atoms in total. The summed E-state index contributed by atoms with van der Waals surface area (Å²) in [7, 11) is 0. The lowest BCUT2D eigenvalue weighted by Crippen LogP contribution is -2.37. The average molecular weight is 489 g/mol. The Hall–Kier alpha value is -3.75. The van der Waals surface area contributed by atoms with Crippen LogP contribution in [0.5, 0.6) is 0 Å². The molecule has 0 radical (unpaired) electrons. The third-order valence-electron chi connectivity index (χ3n) is 5.61. The van der Waals surface area contributed by atoms with Gasteiger partial charge in [-0.3, -0.25) is 9.78 Å². The van der Waals surface area contributed by atoms with E-state index in [1.165, 1.54) is 0 Å². The molecule has 9 heteroatoms. The molecule has 1 saturated heterocycles. The Morgan fingerprint density at radius 1 is 1.03 bits per heavy atom. The number of carbonyl (C=O) groups is 1. The molecule has 4 aromatic rings. The van der Waals surface area contributed by atoms with Crippen LogP contribution in [0.4, 0.5) is 5.69 Å². The van der Waals surface area contributed by atoms with E-state index in [-0.39, 0.29) is 24.5 Å². The molecule has 1 aliphatic rings. The molecule has 3 aromatic heterocycles. The Morgan fingerprint density at radius 3 is 2.59 bits per heavy atom. The molecule has 1 fully saturated rings. The van der Waals surface area contributed by atoms with Crippen LogP contribution in [0.3, 0.4) is 0 Å². The summed E-state index contributed by atoms with van der Waals surface area (Å²) in [6.45, 7) is 0.0773. The zero-order valence-corrected chi connectivity index (χ0v) is 19.6. The Morgan fingerprint density at radius 2 is 1.85 bits per heavy atom. The number of anilines is 1. The van der Waals surface area contributed by atoms with Gasteiger partial charge < -0.3 is 20.1 Å². The van der Waals surface area contributed by atoms with E-state index in [9.17, 15) is 4.79 Å².